The molecule has 0 bridgehead atoms. The van der Waals surface area contributed by atoms with Crippen LogP contribution in [0.4, 0.5) is 10.1 Å². The average molecular weight is 573 g/mol. The van der Waals surface area contributed by atoms with E-state index in [1.807, 2.05) is 54.6 Å². The van der Waals surface area contributed by atoms with Gasteiger partial charge in [-0.15, -0.1) is 0 Å². The van der Waals surface area contributed by atoms with Gasteiger partial charge in [0, 0.05) is 13.5 Å². The van der Waals surface area contributed by atoms with Crippen molar-refractivity contribution in [3.63, 3.8) is 0 Å². The molecule has 0 aliphatic carbocycles. The van der Waals surface area contributed by atoms with Crippen molar-refractivity contribution in [2.75, 3.05) is 10.7 Å². The van der Waals surface area contributed by atoms with Crippen molar-refractivity contribution in [3.05, 3.63) is 96.6 Å². The number of anilines is 1. The molecule has 1 aliphatic heterocycles. The molecule has 4 aromatic carbocycles. The van der Waals surface area contributed by atoms with Crippen molar-refractivity contribution in [2.24, 2.45) is 0 Å². The fraction of sp³-hybridized carbons (Fsp3) is 0.226. The number of hydrogen-bond acceptors (Lipinski definition) is 5. The fourth-order valence-corrected chi connectivity index (χ4v) is 9.40. The highest BCUT2D eigenvalue weighted by atomic mass is 32.2. The molecule has 2 heterocycles. The molecule has 1 aromatic heterocycles. The van der Waals surface area contributed by atoms with Gasteiger partial charge in [0.1, 0.15) is 11.9 Å². The van der Waals surface area contributed by atoms with Gasteiger partial charge >= 0.3 is 0 Å². The van der Waals surface area contributed by atoms with Gasteiger partial charge < -0.3 is 0 Å². The molecular formula is C31H29FN2O4SSi. The van der Waals surface area contributed by atoms with Crippen LogP contribution >= 0.6 is 0 Å². The number of fused-ring (bicyclic) bond motifs is 5. The number of halogens is 1. The molecule has 1 amide bonds. The number of benzene rings is 4. The third kappa shape index (κ3) is 4.78. The molecule has 0 unspecified atom stereocenters. The van der Waals surface area contributed by atoms with Crippen molar-refractivity contribution in [3.8, 4) is 0 Å². The molecule has 0 radical (unpaired) electrons. The first-order chi connectivity index (χ1) is 19.0. The maximum absolute atomic E-state index is 13.8. The first-order valence-electron chi connectivity index (χ1n) is 13.2. The minimum Gasteiger partial charge on any atom is -0.297 e. The van der Waals surface area contributed by atoms with E-state index in [4.69, 9.17) is 4.18 Å². The van der Waals surface area contributed by atoms with E-state index < -0.39 is 42.1 Å². The Morgan fingerprint density at radius 1 is 0.875 bits per heavy atom. The molecule has 1 saturated heterocycles. The van der Waals surface area contributed by atoms with E-state index >= 15 is 0 Å². The van der Waals surface area contributed by atoms with Crippen LogP contribution in [-0.2, 0) is 19.1 Å². The lowest BCUT2D eigenvalue weighted by Gasteiger charge is -2.46. The SMILES string of the molecule is C[Si](C)(C)CCS(=O)(=O)O[C@@H]1C(=O)N(c2cc3c4ccccc4ccc3c3ccccc23)[C@H]1c1ccc(F)cn1. The summed E-state index contributed by atoms with van der Waals surface area (Å²) in [5.74, 6) is -1.15. The van der Waals surface area contributed by atoms with Gasteiger partial charge in [-0.1, -0.05) is 80.3 Å². The highest BCUT2D eigenvalue weighted by Gasteiger charge is 2.53. The highest BCUT2D eigenvalue weighted by Crippen LogP contribution is 2.46. The van der Waals surface area contributed by atoms with Gasteiger partial charge in [-0.05, 0) is 51.2 Å². The molecule has 40 heavy (non-hydrogen) atoms. The number of carbonyl (C=O) groups excluding carboxylic acids is 1. The summed E-state index contributed by atoms with van der Waals surface area (Å²) in [6.07, 6.45) is -0.217. The van der Waals surface area contributed by atoms with Crippen molar-refractivity contribution >= 4 is 62.1 Å². The predicted octanol–water partition coefficient (Wildman–Crippen LogP) is 6.82. The standard InChI is InChI=1S/C31H29FN2O4SSi/c1-40(2,3)17-16-39(36,37)38-30-29(27-15-13-21(32)19-33-27)34(31(30)35)28-18-26-22-9-5-4-8-20(22)12-14-24(26)23-10-6-7-11-25(23)28/h4-15,18-19,29-30H,16-17H2,1-3H3/t29-,30-/m0/s1. The van der Waals surface area contributed by atoms with E-state index in [1.165, 1.54) is 12.1 Å². The monoisotopic (exact) mass is 572 g/mol. The van der Waals surface area contributed by atoms with Crippen LogP contribution in [0.15, 0.2) is 85.1 Å². The zero-order valence-corrected chi connectivity index (χ0v) is 24.3. The van der Waals surface area contributed by atoms with Crippen LogP contribution in [0, 0.1) is 5.82 Å². The zero-order valence-electron chi connectivity index (χ0n) is 22.5. The summed E-state index contributed by atoms with van der Waals surface area (Å²) in [5, 5.41) is 5.93. The number of aromatic nitrogens is 1. The summed E-state index contributed by atoms with van der Waals surface area (Å²) in [4.78, 5) is 19.6. The molecule has 6 rings (SSSR count). The van der Waals surface area contributed by atoms with Gasteiger partial charge in [-0.2, -0.15) is 8.42 Å². The summed E-state index contributed by atoms with van der Waals surface area (Å²) in [6, 6.07) is 24.4. The third-order valence-corrected chi connectivity index (χ3v) is 10.8. The molecule has 0 N–H and O–H groups in total. The maximum Gasteiger partial charge on any atom is 0.267 e. The van der Waals surface area contributed by atoms with E-state index in [0.717, 1.165) is 38.5 Å². The zero-order chi connectivity index (χ0) is 28.2. The van der Waals surface area contributed by atoms with Gasteiger partial charge in [0.25, 0.3) is 16.0 Å². The van der Waals surface area contributed by atoms with Crippen LogP contribution in [0.5, 0.6) is 0 Å². The molecule has 0 spiro atoms. The lowest BCUT2D eigenvalue weighted by atomic mass is 9.90. The molecule has 2 atom stereocenters. The maximum atomic E-state index is 13.8. The Balaban J connectivity index is 1.50. The van der Waals surface area contributed by atoms with E-state index in [1.54, 1.807) is 4.90 Å². The lowest BCUT2D eigenvalue weighted by Crippen LogP contribution is -2.61. The normalized spacial score (nSPS) is 18.0. The highest BCUT2D eigenvalue weighted by molar-refractivity contribution is 7.86. The Hall–Kier alpha value is -3.66. The van der Waals surface area contributed by atoms with Crippen LogP contribution in [0.1, 0.15) is 11.7 Å². The molecule has 9 heteroatoms. The first kappa shape index (κ1) is 26.6. The van der Waals surface area contributed by atoms with Crippen molar-refractivity contribution < 1.29 is 21.8 Å². The van der Waals surface area contributed by atoms with E-state index in [2.05, 4.69) is 36.8 Å². The number of rotatable bonds is 7. The Morgan fingerprint density at radius 3 is 2.25 bits per heavy atom. The van der Waals surface area contributed by atoms with Crippen molar-refractivity contribution in [1.29, 1.82) is 0 Å². The number of amides is 1. The quantitative estimate of drug-likeness (QED) is 0.0926. The topological polar surface area (TPSA) is 76.6 Å². The average Bonchev–Trinajstić information content (AvgIpc) is 2.93. The fourth-order valence-electron chi connectivity index (χ4n) is 5.35. The van der Waals surface area contributed by atoms with Gasteiger partial charge in [0.2, 0.25) is 0 Å². The van der Waals surface area contributed by atoms with E-state index in [-0.39, 0.29) is 5.75 Å². The van der Waals surface area contributed by atoms with Gasteiger partial charge in [-0.3, -0.25) is 18.9 Å². The Labute approximate surface area is 233 Å². The number of carbonyl (C=O) groups is 1. The smallest absolute Gasteiger partial charge is 0.267 e. The van der Waals surface area contributed by atoms with Crippen LogP contribution in [0.25, 0.3) is 32.3 Å². The molecule has 6 nitrogen and oxygen atoms in total. The number of nitrogens with zero attached hydrogens (tertiary/aromatic N) is 2. The predicted molar refractivity (Wildman–Crippen MR) is 160 cm³/mol. The minimum atomic E-state index is -3.98. The second-order valence-corrected chi connectivity index (χ2v) is 18.8. The Bertz CT molecular complexity index is 1890. The molecule has 5 aromatic rings. The number of β-lactam (4-membered cyclic amide) rings is 1. The molecular weight excluding hydrogens is 544 g/mol. The minimum absolute atomic E-state index is 0.152. The van der Waals surface area contributed by atoms with Gasteiger partial charge in [0.05, 0.1) is 23.3 Å². The van der Waals surface area contributed by atoms with E-state index in [0.29, 0.717) is 17.4 Å². The number of pyridine rings is 1. The molecule has 0 saturated carbocycles. The van der Waals surface area contributed by atoms with Gasteiger partial charge in [0.15, 0.2) is 6.10 Å². The summed E-state index contributed by atoms with van der Waals surface area (Å²) in [7, 11) is -5.65. The second-order valence-electron chi connectivity index (χ2n) is 11.5. The largest absolute Gasteiger partial charge is 0.297 e. The molecule has 204 valence electrons. The molecule has 1 fully saturated rings. The summed E-state index contributed by atoms with van der Waals surface area (Å²) >= 11 is 0. The van der Waals surface area contributed by atoms with Crippen LogP contribution in [0.3, 0.4) is 0 Å². The van der Waals surface area contributed by atoms with Gasteiger partial charge in [-0.25, -0.2) is 4.39 Å². The second kappa shape index (κ2) is 9.76. The summed E-state index contributed by atoms with van der Waals surface area (Å²) in [5.41, 5.74) is 0.980. The number of hydrogen-bond donors (Lipinski definition) is 0. The van der Waals surface area contributed by atoms with Crippen molar-refractivity contribution in [2.45, 2.75) is 37.8 Å². The third-order valence-electron chi connectivity index (χ3n) is 7.46. The Kier molecular flexibility index (Phi) is 6.48. The lowest BCUT2D eigenvalue weighted by molar-refractivity contribution is -0.134. The van der Waals surface area contributed by atoms with Crippen LogP contribution < -0.4 is 4.90 Å². The summed E-state index contributed by atoms with van der Waals surface area (Å²) in [6.45, 7) is 6.25. The van der Waals surface area contributed by atoms with Crippen molar-refractivity contribution in [1.82, 2.24) is 4.98 Å². The van der Waals surface area contributed by atoms with E-state index in [9.17, 15) is 17.6 Å². The summed E-state index contributed by atoms with van der Waals surface area (Å²) < 4.78 is 45.3. The van der Waals surface area contributed by atoms with Crippen LogP contribution in [0.2, 0.25) is 25.7 Å². The van der Waals surface area contributed by atoms with Crippen LogP contribution in [-0.4, -0.2) is 39.2 Å². The first-order valence-corrected chi connectivity index (χ1v) is 18.5. The molecule has 1 aliphatic rings. The Morgan fingerprint density at radius 2 is 1.55 bits per heavy atom.